The van der Waals surface area contributed by atoms with Crippen LogP contribution in [0.1, 0.15) is 15.9 Å². The number of nitrogens with zero attached hydrogens (tertiary/aromatic N) is 4. The summed E-state index contributed by atoms with van der Waals surface area (Å²) in [6.07, 6.45) is 0. The molecule has 3 N–H and O–H groups in total. The number of methoxy groups -OCH3 is 1. The molecule has 0 spiro atoms. The van der Waals surface area contributed by atoms with Crippen LogP contribution < -0.4 is 4.74 Å². The lowest BCUT2D eigenvalue weighted by Crippen LogP contribution is -2.26. The maximum atomic E-state index is 13.3. The van der Waals surface area contributed by atoms with Gasteiger partial charge in [0.2, 0.25) is 0 Å². The number of para-hydroxylation sites is 1. The zero-order chi connectivity index (χ0) is 25.3. The molecule has 0 aliphatic heterocycles. The largest absolute Gasteiger partial charge is 0.507 e. The first-order valence-corrected chi connectivity index (χ1v) is 11.0. The summed E-state index contributed by atoms with van der Waals surface area (Å²) < 4.78 is 6.56. The molecule has 11 heteroatoms. The average Bonchev–Trinajstić information content (AvgIpc) is 3.20. The Labute approximate surface area is 210 Å². The molecule has 4 aromatic rings. The minimum atomic E-state index is -0.543. The fourth-order valence-corrected chi connectivity index (χ4v) is 4.05. The van der Waals surface area contributed by atoms with Gasteiger partial charge in [-0.1, -0.05) is 40.4 Å². The van der Waals surface area contributed by atoms with E-state index in [9.17, 15) is 20.1 Å². The standard InChI is InChI=1S/C24H20Cl2N4O5/c1-29(12-13-9-14(25)7-8-21(13)35-2)23(33)16-10-15(19(31)11-20(16)32)22-27-28-24(34)30(22)18-6-4-3-5-17(18)26/h3-11,31-32H,12H2,1-2H3,(H,28,34). The molecule has 4 rings (SSSR count). The maximum absolute atomic E-state index is 13.3. The van der Waals surface area contributed by atoms with Crippen LogP contribution in [0.5, 0.6) is 23.3 Å². The van der Waals surface area contributed by atoms with Crippen molar-refractivity contribution in [2.75, 3.05) is 14.2 Å². The van der Waals surface area contributed by atoms with Crippen molar-refractivity contribution < 1.29 is 24.9 Å². The number of rotatable bonds is 6. The number of carbonyl (C=O) groups is 1. The van der Waals surface area contributed by atoms with E-state index in [1.165, 1.54) is 22.6 Å². The number of halogens is 2. The van der Waals surface area contributed by atoms with Crippen molar-refractivity contribution in [3.63, 3.8) is 0 Å². The quantitative estimate of drug-likeness (QED) is 0.342. The molecule has 3 aromatic carbocycles. The van der Waals surface area contributed by atoms with Gasteiger partial charge in [0.15, 0.2) is 5.82 Å². The zero-order valence-corrected chi connectivity index (χ0v) is 20.1. The minimum absolute atomic E-state index is 0.0151. The summed E-state index contributed by atoms with van der Waals surface area (Å²) >= 11 is 12.4. The summed E-state index contributed by atoms with van der Waals surface area (Å²) in [5, 5.41) is 39.8. The van der Waals surface area contributed by atoms with Gasteiger partial charge in [-0.2, -0.15) is 0 Å². The van der Waals surface area contributed by atoms with E-state index < -0.39 is 17.7 Å². The van der Waals surface area contributed by atoms with Crippen LogP contribution in [0.15, 0.2) is 54.6 Å². The van der Waals surface area contributed by atoms with Crippen molar-refractivity contribution in [2.24, 2.45) is 0 Å². The summed E-state index contributed by atoms with van der Waals surface area (Å²) in [6.45, 7) is 0.134. The number of benzene rings is 3. The van der Waals surface area contributed by atoms with Crippen molar-refractivity contribution in [1.29, 1.82) is 0 Å². The first-order valence-electron chi connectivity index (χ1n) is 10.2. The van der Waals surface area contributed by atoms with Crippen LogP contribution in [0.3, 0.4) is 0 Å². The summed E-state index contributed by atoms with van der Waals surface area (Å²) in [6, 6.07) is 13.5. The summed E-state index contributed by atoms with van der Waals surface area (Å²) in [4.78, 5) is 14.6. The normalized spacial score (nSPS) is 10.9. The van der Waals surface area contributed by atoms with Gasteiger partial charge in [0, 0.05) is 30.2 Å². The van der Waals surface area contributed by atoms with Gasteiger partial charge in [0.05, 0.1) is 28.9 Å². The molecule has 0 radical (unpaired) electrons. The third-order valence-electron chi connectivity index (χ3n) is 5.32. The number of phenolic OH excluding ortho intramolecular Hbond substituents is 2. The van der Waals surface area contributed by atoms with Crippen LogP contribution in [0.25, 0.3) is 17.1 Å². The van der Waals surface area contributed by atoms with Gasteiger partial charge in [0.25, 0.3) is 5.91 Å². The van der Waals surface area contributed by atoms with Crippen molar-refractivity contribution in [3.8, 4) is 40.3 Å². The van der Waals surface area contributed by atoms with Crippen molar-refractivity contribution in [3.05, 3.63) is 75.8 Å². The van der Waals surface area contributed by atoms with Gasteiger partial charge in [-0.15, -0.1) is 5.10 Å². The number of aromatic hydroxyl groups is 3. The Morgan fingerprint density at radius 1 is 1.03 bits per heavy atom. The first kappa shape index (κ1) is 24.2. The van der Waals surface area contributed by atoms with Crippen molar-refractivity contribution >= 4 is 29.1 Å². The molecule has 1 heterocycles. The Morgan fingerprint density at radius 2 is 1.77 bits per heavy atom. The predicted octanol–water partition coefficient (Wildman–Crippen LogP) is 4.64. The van der Waals surface area contributed by atoms with E-state index in [0.717, 1.165) is 6.07 Å². The van der Waals surface area contributed by atoms with Crippen LogP contribution in [-0.4, -0.2) is 55.0 Å². The number of amides is 1. The number of hydrogen-bond donors (Lipinski definition) is 3. The Bertz CT molecular complexity index is 1420. The van der Waals surface area contributed by atoms with Crippen LogP contribution in [0.2, 0.25) is 10.0 Å². The van der Waals surface area contributed by atoms with Gasteiger partial charge in [0.1, 0.15) is 17.2 Å². The number of hydrogen-bond acceptors (Lipinski definition) is 7. The monoisotopic (exact) mass is 514 g/mol. The molecular weight excluding hydrogens is 495 g/mol. The van der Waals surface area contributed by atoms with E-state index in [-0.39, 0.29) is 29.2 Å². The lowest BCUT2D eigenvalue weighted by Gasteiger charge is -2.20. The molecule has 0 fully saturated rings. The van der Waals surface area contributed by atoms with Crippen LogP contribution >= 0.6 is 23.2 Å². The highest BCUT2D eigenvalue weighted by Gasteiger charge is 2.25. The van der Waals surface area contributed by atoms with Gasteiger partial charge >= 0.3 is 6.01 Å². The minimum Gasteiger partial charge on any atom is -0.507 e. The van der Waals surface area contributed by atoms with Crippen LogP contribution in [0.4, 0.5) is 0 Å². The molecular formula is C24H20Cl2N4O5. The van der Waals surface area contributed by atoms with E-state index in [0.29, 0.717) is 27.0 Å². The van der Waals surface area contributed by atoms with E-state index in [1.807, 2.05) is 0 Å². The Balaban J connectivity index is 1.75. The van der Waals surface area contributed by atoms with Gasteiger partial charge in [-0.25, -0.2) is 4.57 Å². The summed E-state index contributed by atoms with van der Waals surface area (Å²) in [7, 11) is 3.06. The fourth-order valence-electron chi connectivity index (χ4n) is 3.64. The molecule has 0 aliphatic carbocycles. The summed E-state index contributed by atoms with van der Waals surface area (Å²) in [5.41, 5.74) is 0.969. The molecule has 35 heavy (non-hydrogen) atoms. The first-order chi connectivity index (χ1) is 16.7. The second-order valence-electron chi connectivity index (χ2n) is 7.61. The molecule has 1 amide bonds. The van der Waals surface area contributed by atoms with Gasteiger partial charge in [-0.05, 0) is 36.4 Å². The number of carbonyl (C=O) groups excluding carboxylic acids is 1. The molecule has 0 unspecified atom stereocenters. The van der Waals surface area contributed by atoms with E-state index in [4.69, 9.17) is 27.9 Å². The number of aromatic nitrogens is 3. The molecule has 0 atom stereocenters. The molecule has 0 aliphatic rings. The summed E-state index contributed by atoms with van der Waals surface area (Å²) in [5.74, 6) is -0.791. The Morgan fingerprint density at radius 3 is 2.49 bits per heavy atom. The highest BCUT2D eigenvalue weighted by molar-refractivity contribution is 6.32. The predicted molar refractivity (Wildman–Crippen MR) is 131 cm³/mol. The maximum Gasteiger partial charge on any atom is 0.319 e. The lowest BCUT2D eigenvalue weighted by molar-refractivity contribution is 0.0781. The lowest BCUT2D eigenvalue weighted by atomic mass is 10.1. The zero-order valence-electron chi connectivity index (χ0n) is 18.6. The van der Waals surface area contributed by atoms with E-state index in [1.54, 1.807) is 49.5 Å². The van der Waals surface area contributed by atoms with E-state index >= 15 is 0 Å². The smallest absolute Gasteiger partial charge is 0.319 e. The number of phenols is 2. The van der Waals surface area contributed by atoms with Crippen molar-refractivity contribution in [1.82, 2.24) is 19.7 Å². The van der Waals surface area contributed by atoms with Gasteiger partial charge < -0.3 is 25.0 Å². The second kappa shape index (κ2) is 9.73. The third kappa shape index (κ3) is 4.68. The topological polar surface area (TPSA) is 121 Å². The second-order valence-corrected chi connectivity index (χ2v) is 8.46. The molecule has 0 saturated heterocycles. The average molecular weight is 515 g/mol. The Kier molecular flexibility index (Phi) is 6.72. The Hall–Kier alpha value is -3.95. The molecule has 0 bridgehead atoms. The molecule has 1 aromatic heterocycles. The molecule has 9 nitrogen and oxygen atoms in total. The SMILES string of the molecule is COc1ccc(Cl)cc1CN(C)C(=O)c1cc(-c2nnc(O)n2-c2ccccc2Cl)c(O)cc1O. The highest BCUT2D eigenvalue weighted by Crippen LogP contribution is 2.38. The molecule has 0 saturated carbocycles. The van der Waals surface area contributed by atoms with Crippen molar-refractivity contribution in [2.45, 2.75) is 6.54 Å². The third-order valence-corrected chi connectivity index (χ3v) is 5.88. The highest BCUT2D eigenvalue weighted by atomic mass is 35.5. The molecule has 180 valence electrons. The van der Waals surface area contributed by atoms with Crippen LogP contribution in [-0.2, 0) is 6.54 Å². The fraction of sp³-hybridized carbons (Fsp3) is 0.125. The van der Waals surface area contributed by atoms with E-state index in [2.05, 4.69) is 10.2 Å². The van der Waals surface area contributed by atoms with Crippen LogP contribution in [0, 0.1) is 0 Å². The number of ether oxygens (including phenoxy) is 1. The van der Waals surface area contributed by atoms with Gasteiger partial charge in [-0.3, -0.25) is 4.79 Å².